The van der Waals surface area contributed by atoms with E-state index in [1.54, 1.807) is 12.3 Å². The lowest BCUT2D eigenvalue weighted by molar-refractivity contribution is -0.143. The fraction of sp³-hybridized carbons (Fsp3) is 0.300. The zero-order chi connectivity index (χ0) is 27.3. The molecule has 0 bridgehead atoms. The molecule has 2 aromatic rings. The Morgan fingerprint density at radius 1 is 0.972 bits per heavy atom. The van der Waals surface area contributed by atoms with Gasteiger partial charge in [-0.25, -0.2) is 8.42 Å². The van der Waals surface area contributed by atoms with Crippen LogP contribution in [-0.2, 0) is 27.2 Å². The maximum atomic E-state index is 13.1. The fourth-order valence-electron chi connectivity index (χ4n) is 2.73. The molecular weight excluding hydrogens is 560 g/mol. The number of benzene rings is 2. The molecule has 198 valence electrons. The van der Waals surface area contributed by atoms with Crippen LogP contribution in [0, 0.1) is 0 Å². The first kappa shape index (κ1) is 29.7. The summed E-state index contributed by atoms with van der Waals surface area (Å²) in [4.78, 5) is 23.4. The Balaban J connectivity index is 2.31. The largest absolute Gasteiger partial charge is 0.416 e. The van der Waals surface area contributed by atoms with Crippen LogP contribution < -0.4 is 15.6 Å². The second-order valence-electron chi connectivity index (χ2n) is 7.12. The zero-order valence-corrected chi connectivity index (χ0v) is 20.5. The van der Waals surface area contributed by atoms with Crippen molar-refractivity contribution < 1.29 is 44.3 Å². The van der Waals surface area contributed by atoms with Gasteiger partial charge in [0.1, 0.15) is 6.04 Å². The van der Waals surface area contributed by atoms with E-state index in [1.165, 1.54) is 30.0 Å². The van der Waals surface area contributed by atoms with E-state index in [-0.39, 0.29) is 41.0 Å². The van der Waals surface area contributed by atoms with Crippen LogP contribution in [0.2, 0.25) is 5.02 Å². The maximum absolute atomic E-state index is 13.1. The van der Waals surface area contributed by atoms with E-state index in [2.05, 4.69) is 0 Å². The molecule has 16 heteroatoms. The summed E-state index contributed by atoms with van der Waals surface area (Å²) in [5.41, 5.74) is 0.287. The minimum absolute atomic E-state index is 0.0237. The summed E-state index contributed by atoms with van der Waals surface area (Å²) in [7, 11) is -5.05. The van der Waals surface area contributed by atoms with Gasteiger partial charge in [-0.15, -0.1) is 0 Å². The van der Waals surface area contributed by atoms with Crippen LogP contribution in [0.3, 0.4) is 0 Å². The molecule has 0 saturated heterocycles. The predicted octanol–water partition coefficient (Wildman–Crippen LogP) is 4.24. The molecule has 2 aromatic carbocycles. The lowest BCUT2D eigenvalue weighted by Crippen LogP contribution is -2.52. The van der Waals surface area contributed by atoms with Crippen molar-refractivity contribution in [1.29, 1.82) is 0 Å². The fourth-order valence-corrected chi connectivity index (χ4v) is 4.73. The highest BCUT2D eigenvalue weighted by atomic mass is 35.5. The number of thioether (sulfide) groups is 1. The summed E-state index contributed by atoms with van der Waals surface area (Å²) < 4.78 is 106. The lowest BCUT2D eigenvalue weighted by Gasteiger charge is -2.20. The van der Waals surface area contributed by atoms with Crippen LogP contribution >= 0.6 is 23.4 Å². The number of rotatable bonds is 8. The Morgan fingerprint density at radius 2 is 1.53 bits per heavy atom. The van der Waals surface area contributed by atoms with E-state index in [9.17, 15) is 44.3 Å². The van der Waals surface area contributed by atoms with E-state index in [0.29, 0.717) is 0 Å². The van der Waals surface area contributed by atoms with Gasteiger partial charge in [0, 0.05) is 0 Å². The van der Waals surface area contributed by atoms with Crippen molar-refractivity contribution >= 4 is 45.2 Å². The molecule has 3 N–H and O–H groups in total. The first-order chi connectivity index (χ1) is 16.6. The third kappa shape index (κ3) is 8.01. The molecule has 2 rings (SSSR count). The highest BCUT2D eigenvalue weighted by Crippen LogP contribution is 2.37. The van der Waals surface area contributed by atoms with Crippen molar-refractivity contribution in [3.8, 4) is 0 Å². The second kappa shape index (κ2) is 11.7. The third-order valence-electron chi connectivity index (χ3n) is 4.51. The molecule has 0 radical (unpaired) electrons. The molecule has 0 heterocycles. The van der Waals surface area contributed by atoms with Gasteiger partial charge in [0.05, 0.1) is 26.6 Å². The number of amides is 2. The van der Waals surface area contributed by atoms with Gasteiger partial charge >= 0.3 is 12.4 Å². The number of halogens is 7. The molecule has 0 aromatic heterocycles. The summed E-state index contributed by atoms with van der Waals surface area (Å²) in [6.07, 6.45) is -9.14. The summed E-state index contributed by atoms with van der Waals surface area (Å²) >= 11 is 7.07. The van der Waals surface area contributed by atoms with Crippen LogP contribution in [0.1, 0.15) is 27.9 Å². The minimum atomic E-state index is -5.27. The molecule has 0 saturated carbocycles. The molecule has 1 unspecified atom stereocenters. The average molecular weight is 578 g/mol. The molecule has 7 nitrogen and oxygen atoms in total. The van der Waals surface area contributed by atoms with Crippen LogP contribution in [0.15, 0.2) is 47.4 Å². The van der Waals surface area contributed by atoms with Gasteiger partial charge in [-0.05, 0) is 48.8 Å². The number of carbonyl (C=O) groups excluding carboxylic acids is 2. The van der Waals surface area contributed by atoms with E-state index in [4.69, 9.17) is 11.6 Å². The van der Waals surface area contributed by atoms with Crippen LogP contribution in [0.4, 0.5) is 26.3 Å². The number of hydrazine groups is 1. The number of nitrogens with one attached hydrogen (secondary N) is 3. The van der Waals surface area contributed by atoms with Gasteiger partial charge in [-0.1, -0.05) is 23.7 Å². The van der Waals surface area contributed by atoms with E-state index in [0.717, 1.165) is 0 Å². The number of hydrogen-bond acceptors (Lipinski definition) is 5. The molecule has 2 amide bonds. The summed E-state index contributed by atoms with van der Waals surface area (Å²) in [6, 6.07) is 3.95. The van der Waals surface area contributed by atoms with Gasteiger partial charge in [0.2, 0.25) is 10.0 Å². The second-order valence-corrected chi connectivity index (χ2v) is 10.2. The summed E-state index contributed by atoms with van der Waals surface area (Å²) in [5, 5.41) is 0.0499. The number of hydrogen-bond donors (Lipinski definition) is 3. The molecule has 1 atom stereocenters. The van der Waals surface area contributed by atoms with E-state index >= 15 is 0 Å². The Bertz CT molecular complexity index is 1190. The van der Waals surface area contributed by atoms with Gasteiger partial charge in [-0.3, -0.25) is 20.4 Å². The predicted molar refractivity (Wildman–Crippen MR) is 121 cm³/mol. The molecule has 36 heavy (non-hydrogen) atoms. The highest BCUT2D eigenvalue weighted by molar-refractivity contribution is 7.98. The smallest absolute Gasteiger partial charge is 0.271 e. The standard InChI is InChI=1S/C20H18ClF6N3O4S2/c1-35-7-6-16(18(32)29-28-17(31)14-4-2-3-5-15(14)21)30-36(33,34)13-9-11(19(22,23)24)8-12(10-13)20(25,26)27/h2-5,8-10,16,30H,6-7H2,1H3,(H,28,31)(H,29,32). The molecule has 0 aliphatic heterocycles. The zero-order valence-electron chi connectivity index (χ0n) is 18.1. The minimum Gasteiger partial charge on any atom is -0.271 e. The summed E-state index contributed by atoms with van der Waals surface area (Å²) in [5.74, 6) is -1.79. The van der Waals surface area contributed by atoms with E-state index < -0.39 is 56.3 Å². The normalized spacial score (nSPS) is 13.2. The van der Waals surface area contributed by atoms with Gasteiger partial charge in [0.25, 0.3) is 11.8 Å². The van der Waals surface area contributed by atoms with Crippen molar-refractivity contribution in [2.75, 3.05) is 12.0 Å². The Kier molecular flexibility index (Phi) is 9.67. The molecule has 0 spiro atoms. The quantitative estimate of drug-likeness (QED) is 0.322. The third-order valence-corrected chi connectivity index (χ3v) is 6.94. The Labute approximate surface area is 211 Å². The Morgan fingerprint density at radius 3 is 2.03 bits per heavy atom. The molecular formula is C20H18ClF6N3O4S2. The van der Waals surface area contributed by atoms with Crippen molar-refractivity contribution in [2.45, 2.75) is 29.7 Å². The van der Waals surface area contributed by atoms with Crippen LogP contribution in [0.5, 0.6) is 0 Å². The Hall–Kier alpha value is -2.49. The van der Waals surface area contributed by atoms with Crippen molar-refractivity contribution in [3.63, 3.8) is 0 Å². The van der Waals surface area contributed by atoms with Crippen molar-refractivity contribution in [1.82, 2.24) is 15.6 Å². The lowest BCUT2D eigenvalue weighted by atomic mass is 10.1. The number of carbonyl (C=O) groups is 2. The van der Waals surface area contributed by atoms with Crippen molar-refractivity contribution in [3.05, 3.63) is 64.2 Å². The number of alkyl halides is 6. The topological polar surface area (TPSA) is 104 Å². The maximum Gasteiger partial charge on any atom is 0.416 e. The van der Waals surface area contributed by atoms with Crippen molar-refractivity contribution in [2.24, 2.45) is 0 Å². The molecule has 0 aliphatic carbocycles. The van der Waals surface area contributed by atoms with Gasteiger partial charge in [0.15, 0.2) is 0 Å². The van der Waals surface area contributed by atoms with E-state index in [1.807, 2.05) is 15.6 Å². The van der Waals surface area contributed by atoms with Crippen LogP contribution in [0.25, 0.3) is 0 Å². The monoisotopic (exact) mass is 577 g/mol. The molecule has 0 aliphatic rings. The first-order valence-electron chi connectivity index (χ1n) is 9.71. The van der Waals surface area contributed by atoms with Gasteiger partial charge < -0.3 is 0 Å². The van der Waals surface area contributed by atoms with Crippen LogP contribution in [-0.4, -0.2) is 38.3 Å². The SMILES string of the molecule is CSCCC(NS(=O)(=O)c1cc(C(F)(F)F)cc(C(F)(F)F)c1)C(=O)NNC(=O)c1ccccc1Cl. The van der Waals surface area contributed by atoms with Gasteiger partial charge in [-0.2, -0.15) is 42.8 Å². The number of sulfonamides is 1. The average Bonchev–Trinajstić information content (AvgIpc) is 2.78. The summed E-state index contributed by atoms with van der Waals surface area (Å²) in [6.45, 7) is 0. The highest BCUT2D eigenvalue weighted by Gasteiger charge is 2.39. The first-order valence-corrected chi connectivity index (χ1v) is 13.0. The molecule has 0 fully saturated rings.